The molecular weight excluding hydrogens is 432 g/mol. The van der Waals surface area contributed by atoms with Gasteiger partial charge in [0.05, 0.1) is 27.5 Å². The zero-order chi connectivity index (χ0) is 22.9. The molecule has 0 saturated carbocycles. The Morgan fingerprint density at radius 3 is 2.28 bits per heavy atom. The van der Waals surface area contributed by atoms with E-state index in [0.29, 0.717) is 40.2 Å². The highest BCUT2D eigenvalue weighted by Gasteiger charge is 2.16. The van der Waals surface area contributed by atoms with Crippen LogP contribution in [0.5, 0.6) is 23.0 Å². The number of nitrogens with zero attached hydrogens (tertiary/aromatic N) is 1. The van der Waals surface area contributed by atoms with Crippen LogP contribution in [0.2, 0.25) is 5.02 Å². The number of ether oxygens (including phenoxy) is 4. The smallest absolute Gasteiger partial charge is 0.271 e. The first-order valence-electron chi connectivity index (χ1n) is 9.64. The van der Waals surface area contributed by atoms with E-state index >= 15 is 0 Å². The van der Waals surface area contributed by atoms with Crippen molar-refractivity contribution in [3.05, 3.63) is 82.4 Å². The molecule has 32 heavy (non-hydrogen) atoms. The minimum Gasteiger partial charge on any atom is -0.493 e. The maximum absolute atomic E-state index is 12.5. The van der Waals surface area contributed by atoms with Gasteiger partial charge in [0.2, 0.25) is 5.75 Å². The van der Waals surface area contributed by atoms with E-state index in [-0.39, 0.29) is 0 Å². The van der Waals surface area contributed by atoms with E-state index in [2.05, 4.69) is 10.5 Å². The summed E-state index contributed by atoms with van der Waals surface area (Å²) < 4.78 is 21.6. The summed E-state index contributed by atoms with van der Waals surface area (Å²) in [6.45, 7) is 0.412. The summed E-state index contributed by atoms with van der Waals surface area (Å²) in [7, 11) is 4.47. The van der Waals surface area contributed by atoms with Crippen molar-refractivity contribution < 1.29 is 23.7 Å². The van der Waals surface area contributed by atoms with E-state index in [1.54, 1.807) is 12.1 Å². The predicted molar refractivity (Wildman–Crippen MR) is 123 cm³/mol. The van der Waals surface area contributed by atoms with E-state index in [1.165, 1.54) is 27.5 Å². The Morgan fingerprint density at radius 1 is 0.969 bits per heavy atom. The molecular formula is C24H23ClN2O5. The summed E-state index contributed by atoms with van der Waals surface area (Å²) in [5.41, 5.74) is 4.58. The monoisotopic (exact) mass is 454 g/mol. The Morgan fingerprint density at radius 2 is 1.66 bits per heavy atom. The first-order chi connectivity index (χ1) is 15.5. The van der Waals surface area contributed by atoms with Gasteiger partial charge < -0.3 is 18.9 Å². The number of carbonyl (C=O) groups excluding carboxylic acids is 1. The quantitative estimate of drug-likeness (QED) is 0.374. The minimum atomic E-state index is -0.421. The predicted octanol–water partition coefficient (Wildman–Crippen LogP) is 4.71. The maximum Gasteiger partial charge on any atom is 0.271 e. The molecule has 166 valence electrons. The lowest BCUT2D eigenvalue weighted by Gasteiger charge is -2.13. The normalized spacial score (nSPS) is 10.6. The van der Waals surface area contributed by atoms with Gasteiger partial charge in [-0.3, -0.25) is 4.79 Å². The van der Waals surface area contributed by atoms with Crippen molar-refractivity contribution in [2.75, 3.05) is 21.3 Å². The van der Waals surface area contributed by atoms with E-state index < -0.39 is 5.91 Å². The molecule has 0 unspecified atom stereocenters. The average Bonchev–Trinajstić information content (AvgIpc) is 2.82. The number of hydrogen-bond donors (Lipinski definition) is 1. The second-order valence-electron chi connectivity index (χ2n) is 6.60. The van der Waals surface area contributed by atoms with Crippen molar-refractivity contribution in [3.8, 4) is 23.0 Å². The summed E-state index contributed by atoms with van der Waals surface area (Å²) in [4.78, 5) is 12.5. The lowest BCUT2D eigenvalue weighted by molar-refractivity contribution is 0.0954. The zero-order valence-electron chi connectivity index (χ0n) is 17.9. The first-order valence-corrected chi connectivity index (χ1v) is 10.0. The van der Waals surface area contributed by atoms with Gasteiger partial charge >= 0.3 is 0 Å². The number of carbonyl (C=O) groups is 1. The summed E-state index contributed by atoms with van der Waals surface area (Å²) in [6, 6.07) is 17.9. The molecule has 0 heterocycles. The number of nitrogens with one attached hydrogen (secondary N) is 1. The van der Waals surface area contributed by atoms with Crippen molar-refractivity contribution in [3.63, 3.8) is 0 Å². The fourth-order valence-corrected chi connectivity index (χ4v) is 3.00. The van der Waals surface area contributed by atoms with E-state index in [9.17, 15) is 4.79 Å². The third kappa shape index (κ3) is 5.92. The number of methoxy groups -OCH3 is 3. The fourth-order valence-electron chi connectivity index (χ4n) is 2.87. The SMILES string of the molecule is COc1cc(C(=O)NN=Cc2cccc(OCc3ccc(Cl)cc3)c2)cc(OC)c1OC. The van der Waals surface area contributed by atoms with E-state index in [4.69, 9.17) is 30.5 Å². The lowest BCUT2D eigenvalue weighted by Crippen LogP contribution is -2.18. The van der Waals surface area contributed by atoms with Crippen LogP contribution in [-0.2, 0) is 6.61 Å². The molecule has 0 saturated heterocycles. The van der Waals surface area contributed by atoms with Gasteiger partial charge in [-0.15, -0.1) is 0 Å². The highest BCUT2D eigenvalue weighted by molar-refractivity contribution is 6.30. The number of halogens is 1. The molecule has 0 aromatic heterocycles. The Hall–Kier alpha value is -3.71. The van der Waals surface area contributed by atoms with E-state index in [0.717, 1.165) is 11.1 Å². The molecule has 0 atom stereocenters. The molecule has 1 amide bonds. The van der Waals surface area contributed by atoms with Gasteiger partial charge in [0.25, 0.3) is 5.91 Å². The van der Waals surface area contributed by atoms with Crippen molar-refractivity contribution in [2.45, 2.75) is 6.61 Å². The van der Waals surface area contributed by atoms with Crippen LogP contribution in [-0.4, -0.2) is 33.5 Å². The van der Waals surface area contributed by atoms with Gasteiger partial charge in [-0.25, -0.2) is 5.43 Å². The molecule has 0 bridgehead atoms. The second kappa shape index (κ2) is 11.1. The van der Waals surface area contributed by atoms with E-state index in [1.807, 2.05) is 48.5 Å². The summed E-state index contributed by atoms with van der Waals surface area (Å²) in [6.07, 6.45) is 1.53. The molecule has 3 aromatic carbocycles. The molecule has 0 radical (unpaired) electrons. The average molecular weight is 455 g/mol. The molecule has 3 rings (SSSR count). The van der Waals surface area contributed by atoms with Crippen molar-refractivity contribution in [2.24, 2.45) is 5.10 Å². The van der Waals surface area contributed by atoms with Crippen LogP contribution < -0.4 is 24.4 Å². The Balaban J connectivity index is 1.64. The number of benzene rings is 3. The van der Waals surface area contributed by atoms with Crippen LogP contribution in [0.25, 0.3) is 0 Å². The molecule has 0 aliphatic rings. The summed E-state index contributed by atoms with van der Waals surface area (Å²) >= 11 is 5.90. The van der Waals surface area contributed by atoms with Crippen LogP contribution in [0.4, 0.5) is 0 Å². The first kappa shape index (κ1) is 23.0. The number of rotatable bonds is 9. The third-order valence-corrected chi connectivity index (χ3v) is 4.74. The Kier molecular flexibility index (Phi) is 7.94. The van der Waals surface area contributed by atoms with Gasteiger partial charge in [-0.1, -0.05) is 35.9 Å². The minimum absolute atomic E-state index is 0.316. The molecule has 0 fully saturated rings. The second-order valence-corrected chi connectivity index (χ2v) is 7.04. The lowest BCUT2D eigenvalue weighted by atomic mass is 10.1. The number of hydrogen-bond acceptors (Lipinski definition) is 6. The van der Waals surface area contributed by atoms with Gasteiger partial charge in [0.1, 0.15) is 12.4 Å². The van der Waals surface area contributed by atoms with Crippen molar-refractivity contribution >= 4 is 23.7 Å². The van der Waals surface area contributed by atoms with Crippen molar-refractivity contribution in [1.29, 1.82) is 0 Å². The topological polar surface area (TPSA) is 78.4 Å². The molecule has 0 spiro atoms. The van der Waals surface area contributed by atoms with Crippen LogP contribution >= 0.6 is 11.6 Å². The maximum atomic E-state index is 12.5. The van der Waals surface area contributed by atoms with Crippen LogP contribution in [0.1, 0.15) is 21.5 Å². The van der Waals surface area contributed by atoms with Gasteiger partial charge in [-0.05, 0) is 47.5 Å². The van der Waals surface area contributed by atoms with Crippen LogP contribution in [0, 0.1) is 0 Å². The zero-order valence-corrected chi connectivity index (χ0v) is 18.7. The highest BCUT2D eigenvalue weighted by atomic mass is 35.5. The van der Waals surface area contributed by atoms with Gasteiger partial charge in [0.15, 0.2) is 11.5 Å². The van der Waals surface area contributed by atoms with Gasteiger partial charge in [0, 0.05) is 10.6 Å². The van der Waals surface area contributed by atoms with Gasteiger partial charge in [-0.2, -0.15) is 5.10 Å². The molecule has 1 N–H and O–H groups in total. The molecule has 0 aliphatic heterocycles. The van der Waals surface area contributed by atoms with Crippen molar-refractivity contribution in [1.82, 2.24) is 5.43 Å². The summed E-state index contributed by atoms with van der Waals surface area (Å²) in [5.74, 6) is 1.43. The molecule has 7 nitrogen and oxygen atoms in total. The highest BCUT2D eigenvalue weighted by Crippen LogP contribution is 2.38. The summed E-state index contributed by atoms with van der Waals surface area (Å²) in [5, 5.41) is 4.71. The third-order valence-electron chi connectivity index (χ3n) is 4.48. The Labute approximate surface area is 191 Å². The van der Waals surface area contributed by atoms with Crippen LogP contribution in [0.3, 0.4) is 0 Å². The fraction of sp³-hybridized carbons (Fsp3) is 0.167. The van der Waals surface area contributed by atoms with Crippen LogP contribution in [0.15, 0.2) is 65.8 Å². The number of amides is 1. The Bertz CT molecular complexity index is 1070. The number of hydrazone groups is 1. The molecule has 0 aliphatic carbocycles. The standard InChI is InChI=1S/C24H23ClN2O5/c1-29-21-12-18(13-22(30-2)23(21)31-3)24(28)27-26-14-17-5-4-6-20(11-17)32-15-16-7-9-19(25)10-8-16/h4-14H,15H2,1-3H3,(H,27,28). The molecule has 3 aromatic rings. The largest absolute Gasteiger partial charge is 0.493 e. The molecule has 8 heteroatoms.